The molecule has 2 aliphatic rings. The van der Waals surface area contributed by atoms with Crippen LogP contribution in [0, 0.1) is 5.92 Å². The summed E-state index contributed by atoms with van der Waals surface area (Å²) in [4.78, 5) is 16.8. The van der Waals surface area contributed by atoms with E-state index < -0.39 is 0 Å². The van der Waals surface area contributed by atoms with Crippen molar-refractivity contribution in [3.8, 4) is 0 Å². The van der Waals surface area contributed by atoms with Gasteiger partial charge >= 0.3 is 0 Å². The lowest BCUT2D eigenvalue weighted by Gasteiger charge is -2.38. The Hall–Kier alpha value is -1.26. The van der Waals surface area contributed by atoms with E-state index in [1.54, 1.807) is 0 Å². The highest BCUT2D eigenvalue weighted by atomic mass is 35.5. The van der Waals surface area contributed by atoms with Crippen molar-refractivity contribution in [2.75, 3.05) is 44.2 Å². The molecule has 0 spiro atoms. The van der Waals surface area contributed by atoms with Crippen LogP contribution in [0.25, 0.3) is 0 Å². The maximum Gasteiger partial charge on any atom is 0.227 e. The van der Waals surface area contributed by atoms with E-state index in [2.05, 4.69) is 16.3 Å². The van der Waals surface area contributed by atoms with E-state index in [9.17, 15) is 4.79 Å². The third kappa shape index (κ3) is 3.50. The molecule has 1 aromatic rings. The van der Waals surface area contributed by atoms with Crippen molar-refractivity contribution in [1.29, 1.82) is 0 Å². The molecule has 0 bridgehead atoms. The first-order valence-electron chi connectivity index (χ1n) is 7.74. The van der Waals surface area contributed by atoms with E-state index in [1.165, 1.54) is 0 Å². The fraction of sp³-hybridized carbons (Fsp3) is 0.562. The number of halogens is 1. The zero-order chi connectivity index (χ0) is 14.7. The SMILES string of the molecule is O=C([C@H]1CCCNC1)N1CCN(c2cccc(Cl)c2)CC1. The van der Waals surface area contributed by atoms with Gasteiger partial charge < -0.3 is 15.1 Å². The van der Waals surface area contributed by atoms with E-state index in [-0.39, 0.29) is 5.92 Å². The number of benzene rings is 1. The highest BCUT2D eigenvalue weighted by molar-refractivity contribution is 6.30. The first kappa shape index (κ1) is 14.7. The first-order valence-corrected chi connectivity index (χ1v) is 8.12. The first-order chi connectivity index (χ1) is 10.2. The van der Waals surface area contributed by atoms with Gasteiger partial charge in [0.25, 0.3) is 0 Å². The van der Waals surface area contributed by atoms with Crippen molar-refractivity contribution in [1.82, 2.24) is 10.2 Å². The predicted octanol–water partition coefficient (Wildman–Crippen LogP) is 1.99. The Bertz CT molecular complexity index is 494. The van der Waals surface area contributed by atoms with Crippen molar-refractivity contribution in [2.24, 2.45) is 5.92 Å². The number of anilines is 1. The molecule has 2 heterocycles. The molecule has 0 aromatic heterocycles. The fourth-order valence-electron chi connectivity index (χ4n) is 3.18. The number of piperidine rings is 1. The number of nitrogens with one attached hydrogen (secondary N) is 1. The smallest absolute Gasteiger partial charge is 0.227 e. The van der Waals surface area contributed by atoms with Crippen LogP contribution in [0.15, 0.2) is 24.3 Å². The molecular formula is C16H22ClN3O. The van der Waals surface area contributed by atoms with Crippen LogP contribution < -0.4 is 10.2 Å². The molecule has 1 aromatic carbocycles. The van der Waals surface area contributed by atoms with Gasteiger partial charge in [0.1, 0.15) is 0 Å². The van der Waals surface area contributed by atoms with Crippen LogP contribution in [0.3, 0.4) is 0 Å². The largest absolute Gasteiger partial charge is 0.368 e. The van der Waals surface area contributed by atoms with Crippen LogP contribution >= 0.6 is 11.6 Å². The zero-order valence-corrected chi connectivity index (χ0v) is 13.0. The van der Waals surface area contributed by atoms with Gasteiger partial charge in [-0.05, 0) is 37.6 Å². The third-order valence-corrected chi connectivity index (χ3v) is 4.65. The van der Waals surface area contributed by atoms with Gasteiger partial charge in [-0.15, -0.1) is 0 Å². The third-order valence-electron chi connectivity index (χ3n) is 4.41. The van der Waals surface area contributed by atoms with Crippen LogP contribution in [-0.4, -0.2) is 50.1 Å². The Morgan fingerprint density at radius 1 is 1.24 bits per heavy atom. The second kappa shape index (κ2) is 6.67. The average molecular weight is 308 g/mol. The van der Waals surface area contributed by atoms with Gasteiger partial charge in [0, 0.05) is 43.4 Å². The molecule has 0 aliphatic carbocycles. The molecule has 0 radical (unpaired) electrons. The molecule has 1 atom stereocenters. The average Bonchev–Trinajstić information content (AvgIpc) is 2.55. The number of hydrogen-bond donors (Lipinski definition) is 1. The van der Waals surface area contributed by atoms with Gasteiger partial charge in [0.2, 0.25) is 5.91 Å². The minimum atomic E-state index is 0.177. The summed E-state index contributed by atoms with van der Waals surface area (Å²) in [6.45, 7) is 5.27. The second-order valence-corrected chi connectivity index (χ2v) is 6.27. The summed E-state index contributed by atoms with van der Waals surface area (Å²) in [6, 6.07) is 7.93. The molecule has 3 rings (SSSR count). The van der Waals surface area contributed by atoms with E-state index in [4.69, 9.17) is 11.6 Å². The maximum absolute atomic E-state index is 12.5. The Morgan fingerprint density at radius 2 is 2.05 bits per heavy atom. The molecule has 0 unspecified atom stereocenters. The lowest BCUT2D eigenvalue weighted by molar-refractivity contribution is -0.136. The predicted molar refractivity (Wildman–Crippen MR) is 85.8 cm³/mol. The number of rotatable bonds is 2. The summed E-state index contributed by atoms with van der Waals surface area (Å²) < 4.78 is 0. The molecule has 21 heavy (non-hydrogen) atoms. The number of hydrogen-bond acceptors (Lipinski definition) is 3. The van der Waals surface area contributed by atoms with Gasteiger partial charge in [0.05, 0.1) is 5.92 Å². The lowest BCUT2D eigenvalue weighted by atomic mass is 9.98. The number of carbonyl (C=O) groups excluding carboxylic acids is 1. The lowest BCUT2D eigenvalue weighted by Crippen LogP contribution is -2.52. The number of piperazine rings is 1. The van der Waals surface area contributed by atoms with Crippen LogP contribution in [0.5, 0.6) is 0 Å². The van der Waals surface area contributed by atoms with Gasteiger partial charge in [-0.1, -0.05) is 17.7 Å². The molecule has 2 aliphatic heterocycles. The van der Waals surface area contributed by atoms with Gasteiger partial charge in [0.15, 0.2) is 0 Å². The molecule has 4 nitrogen and oxygen atoms in total. The van der Waals surface area contributed by atoms with E-state index in [1.807, 2.05) is 23.1 Å². The molecule has 2 fully saturated rings. The number of nitrogens with zero attached hydrogens (tertiary/aromatic N) is 2. The summed E-state index contributed by atoms with van der Waals surface area (Å²) in [6.07, 6.45) is 2.14. The summed E-state index contributed by atoms with van der Waals surface area (Å²) in [5.74, 6) is 0.504. The fourth-order valence-corrected chi connectivity index (χ4v) is 3.36. The van der Waals surface area contributed by atoms with Crippen molar-refractivity contribution < 1.29 is 4.79 Å². The quantitative estimate of drug-likeness (QED) is 0.907. The van der Waals surface area contributed by atoms with Crippen LogP contribution in [0.4, 0.5) is 5.69 Å². The molecular weight excluding hydrogens is 286 g/mol. The van der Waals surface area contributed by atoms with Crippen molar-refractivity contribution in [3.63, 3.8) is 0 Å². The molecule has 114 valence electrons. The standard InChI is InChI=1S/C16H22ClN3O/c17-14-4-1-5-15(11-14)19-7-9-20(10-8-19)16(21)13-3-2-6-18-12-13/h1,4-5,11,13,18H,2-3,6-10,12H2/t13-/m0/s1. The highest BCUT2D eigenvalue weighted by Crippen LogP contribution is 2.22. The highest BCUT2D eigenvalue weighted by Gasteiger charge is 2.28. The maximum atomic E-state index is 12.5. The van der Waals surface area contributed by atoms with E-state index in [0.717, 1.165) is 62.8 Å². The number of carbonyl (C=O) groups is 1. The van der Waals surface area contributed by atoms with Crippen LogP contribution in [0.1, 0.15) is 12.8 Å². The Balaban J connectivity index is 1.56. The molecule has 1 N–H and O–H groups in total. The molecule has 1 amide bonds. The minimum Gasteiger partial charge on any atom is -0.368 e. The summed E-state index contributed by atoms with van der Waals surface area (Å²) in [5, 5.41) is 4.09. The van der Waals surface area contributed by atoms with Crippen LogP contribution in [0.2, 0.25) is 5.02 Å². The molecule has 0 saturated carbocycles. The summed E-state index contributed by atoms with van der Waals surface area (Å²) in [5.41, 5.74) is 1.15. The van der Waals surface area contributed by atoms with E-state index in [0.29, 0.717) is 5.91 Å². The van der Waals surface area contributed by atoms with Crippen molar-refractivity contribution in [2.45, 2.75) is 12.8 Å². The summed E-state index contributed by atoms with van der Waals surface area (Å²) in [7, 11) is 0. The topological polar surface area (TPSA) is 35.6 Å². The Kier molecular flexibility index (Phi) is 4.66. The Labute approximate surface area is 131 Å². The Morgan fingerprint density at radius 3 is 2.71 bits per heavy atom. The molecule has 2 saturated heterocycles. The van der Waals surface area contributed by atoms with Gasteiger partial charge in [-0.3, -0.25) is 4.79 Å². The molecule has 5 heteroatoms. The van der Waals surface area contributed by atoms with E-state index >= 15 is 0 Å². The van der Waals surface area contributed by atoms with Crippen molar-refractivity contribution in [3.05, 3.63) is 29.3 Å². The second-order valence-electron chi connectivity index (χ2n) is 5.84. The van der Waals surface area contributed by atoms with Crippen LogP contribution in [-0.2, 0) is 4.79 Å². The minimum absolute atomic E-state index is 0.177. The zero-order valence-electron chi connectivity index (χ0n) is 12.2. The summed E-state index contributed by atoms with van der Waals surface area (Å²) >= 11 is 6.05. The van der Waals surface area contributed by atoms with Gasteiger partial charge in [-0.2, -0.15) is 0 Å². The monoisotopic (exact) mass is 307 g/mol. The van der Waals surface area contributed by atoms with Crippen molar-refractivity contribution >= 4 is 23.2 Å². The van der Waals surface area contributed by atoms with Gasteiger partial charge in [-0.25, -0.2) is 0 Å². The number of amides is 1. The normalized spacial score (nSPS) is 23.2.